The van der Waals surface area contributed by atoms with E-state index in [9.17, 15) is 18.4 Å². The zero-order chi connectivity index (χ0) is 20.4. The molecule has 1 aliphatic rings. The smallest absolute Gasteiger partial charge is 0.405 e. The number of carboxylic acid groups (broad SMARTS) is 1. The van der Waals surface area contributed by atoms with Gasteiger partial charge in [-0.2, -0.15) is 0 Å². The maximum absolute atomic E-state index is 13.2. The lowest BCUT2D eigenvalue weighted by Crippen LogP contribution is -2.42. The minimum atomic E-state index is -2.41. The van der Waals surface area contributed by atoms with Gasteiger partial charge in [0.2, 0.25) is 0 Å². The maximum atomic E-state index is 13.2. The molecule has 28 heavy (non-hydrogen) atoms. The molecule has 2 N–H and O–H groups in total. The summed E-state index contributed by atoms with van der Waals surface area (Å²) in [4.78, 5) is 30.5. The highest BCUT2D eigenvalue weighted by Gasteiger charge is 2.28. The van der Waals surface area contributed by atoms with Crippen LogP contribution in [0.25, 0.3) is 10.9 Å². The number of nitrogens with one attached hydrogen (secondary N) is 1. The van der Waals surface area contributed by atoms with Gasteiger partial charge in [-0.3, -0.25) is 14.3 Å². The van der Waals surface area contributed by atoms with Gasteiger partial charge in [0.1, 0.15) is 5.82 Å². The van der Waals surface area contributed by atoms with E-state index in [4.69, 9.17) is 16.7 Å². The van der Waals surface area contributed by atoms with Gasteiger partial charge < -0.3 is 10.4 Å². The monoisotopic (exact) mass is 414 g/mol. The van der Waals surface area contributed by atoms with Crippen molar-refractivity contribution in [3.8, 4) is 0 Å². The number of halogens is 3. The molecule has 3 rings (SSSR count). The number of carbonyl (C=O) groups is 1. The molecule has 1 amide bonds. The third kappa shape index (κ3) is 4.25. The second kappa shape index (κ2) is 8.40. The minimum absolute atomic E-state index is 0.268. The normalized spacial score (nSPS) is 17.2. The minimum Gasteiger partial charge on any atom is -0.465 e. The molecule has 1 aliphatic heterocycles. The maximum Gasteiger partial charge on any atom is 0.405 e. The van der Waals surface area contributed by atoms with Crippen molar-refractivity contribution in [3.63, 3.8) is 0 Å². The van der Waals surface area contributed by atoms with Crippen LogP contribution in [-0.4, -0.2) is 51.7 Å². The van der Waals surface area contributed by atoms with Crippen molar-refractivity contribution in [1.82, 2.24) is 19.8 Å². The van der Waals surface area contributed by atoms with Gasteiger partial charge in [0, 0.05) is 19.1 Å². The predicted molar refractivity (Wildman–Crippen MR) is 101 cm³/mol. The molecule has 1 aromatic heterocycles. The van der Waals surface area contributed by atoms with E-state index in [0.717, 1.165) is 0 Å². The van der Waals surface area contributed by atoms with Gasteiger partial charge in [-0.1, -0.05) is 17.7 Å². The van der Waals surface area contributed by atoms with Crippen molar-refractivity contribution >= 4 is 28.6 Å². The zero-order valence-electron chi connectivity index (χ0n) is 15.2. The molecule has 2 aromatic rings. The SMILES string of the molecule is CC(NC(=O)O)c1nc2cccc(Cl)c2c(=O)n1C1CCN(CC(F)F)CC1. The summed E-state index contributed by atoms with van der Waals surface area (Å²) in [5.41, 5.74) is 0.0369. The van der Waals surface area contributed by atoms with Gasteiger partial charge in [-0.15, -0.1) is 0 Å². The topological polar surface area (TPSA) is 87.5 Å². The van der Waals surface area contributed by atoms with Crippen LogP contribution in [0.2, 0.25) is 5.02 Å². The second-order valence-corrected chi connectivity index (χ2v) is 7.28. The summed E-state index contributed by atoms with van der Waals surface area (Å²) in [6.07, 6.45) is -2.67. The van der Waals surface area contributed by atoms with E-state index in [1.54, 1.807) is 30.0 Å². The van der Waals surface area contributed by atoms with Crippen molar-refractivity contribution < 1.29 is 18.7 Å². The fourth-order valence-corrected chi connectivity index (χ4v) is 3.93. The lowest BCUT2D eigenvalue weighted by Gasteiger charge is -2.34. The fourth-order valence-electron chi connectivity index (χ4n) is 3.68. The van der Waals surface area contributed by atoms with Crippen molar-refractivity contribution in [3.05, 3.63) is 39.4 Å². The van der Waals surface area contributed by atoms with Gasteiger partial charge in [-0.05, 0) is 31.9 Å². The standard InChI is InChI=1S/C18H21ClF2N4O3/c1-10(22-18(27)28)16-23-13-4-2-3-12(19)15(13)17(26)25(16)11-5-7-24(8-6-11)9-14(20)21/h2-4,10-11,14,22H,5-9H2,1H3,(H,27,28). The number of benzene rings is 1. The summed E-state index contributed by atoms with van der Waals surface area (Å²) >= 11 is 6.22. The van der Waals surface area contributed by atoms with Crippen LogP contribution in [0.5, 0.6) is 0 Å². The predicted octanol–water partition coefficient (Wildman–Crippen LogP) is 3.28. The molecule has 0 bridgehead atoms. The Balaban J connectivity index is 2.04. The third-order valence-electron chi connectivity index (χ3n) is 4.95. The van der Waals surface area contributed by atoms with E-state index in [2.05, 4.69) is 10.3 Å². The summed E-state index contributed by atoms with van der Waals surface area (Å²) in [5, 5.41) is 11.9. The van der Waals surface area contributed by atoms with Crippen LogP contribution in [0.3, 0.4) is 0 Å². The Kier molecular flexibility index (Phi) is 6.14. The Morgan fingerprint density at radius 3 is 2.68 bits per heavy atom. The van der Waals surface area contributed by atoms with E-state index >= 15 is 0 Å². The Bertz CT molecular complexity index is 929. The molecule has 1 saturated heterocycles. The Hall–Kier alpha value is -2.26. The molecular weight excluding hydrogens is 394 g/mol. The van der Waals surface area contributed by atoms with Crippen LogP contribution in [0, 0.1) is 0 Å². The van der Waals surface area contributed by atoms with E-state index in [-0.39, 0.29) is 34.4 Å². The molecule has 0 saturated carbocycles. The summed E-state index contributed by atoms with van der Waals surface area (Å²) in [5.74, 6) is 0.287. The van der Waals surface area contributed by atoms with E-state index in [1.807, 2.05) is 0 Å². The summed E-state index contributed by atoms with van der Waals surface area (Å²) < 4.78 is 26.7. The van der Waals surface area contributed by atoms with Crippen LogP contribution in [0.4, 0.5) is 13.6 Å². The van der Waals surface area contributed by atoms with Gasteiger partial charge in [-0.25, -0.2) is 18.6 Å². The molecule has 0 aliphatic carbocycles. The van der Waals surface area contributed by atoms with E-state index in [1.165, 1.54) is 4.57 Å². The molecule has 0 spiro atoms. The van der Waals surface area contributed by atoms with Crippen LogP contribution in [-0.2, 0) is 0 Å². The molecule has 1 aromatic carbocycles. The largest absolute Gasteiger partial charge is 0.465 e. The zero-order valence-corrected chi connectivity index (χ0v) is 16.0. The Morgan fingerprint density at radius 1 is 1.39 bits per heavy atom. The highest BCUT2D eigenvalue weighted by atomic mass is 35.5. The van der Waals surface area contributed by atoms with Crippen molar-refractivity contribution in [2.24, 2.45) is 0 Å². The lowest BCUT2D eigenvalue weighted by molar-refractivity contribution is 0.0693. The molecule has 0 radical (unpaired) electrons. The average molecular weight is 415 g/mol. The number of nitrogens with zero attached hydrogens (tertiary/aromatic N) is 3. The Morgan fingerprint density at radius 2 is 2.07 bits per heavy atom. The van der Waals surface area contributed by atoms with E-state index < -0.39 is 18.6 Å². The number of hydrogen-bond donors (Lipinski definition) is 2. The number of rotatable bonds is 5. The number of alkyl halides is 2. The van der Waals surface area contributed by atoms with Gasteiger partial charge in [0.15, 0.2) is 0 Å². The fraction of sp³-hybridized carbons (Fsp3) is 0.500. The number of hydrogen-bond acceptors (Lipinski definition) is 4. The average Bonchev–Trinajstić information content (AvgIpc) is 2.61. The molecule has 10 heteroatoms. The van der Waals surface area contributed by atoms with Crippen LogP contribution < -0.4 is 10.9 Å². The van der Waals surface area contributed by atoms with Gasteiger partial charge >= 0.3 is 6.09 Å². The lowest BCUT2D eigenvalue weighted by atomic mass is 10.0. The number of piperidine rings is 1. The molecule has 1 fully saturated rings. The number of likely N-dealkylation sites (tertiary alicyclic amines) is 1. The number of fused-ring (bicyclic) bond motifs is 1. The third-order valence-corrected chi connectivity index (χ3v) is 5.27. The number of amides is 1. The molecule has 152 valence electrons. The first-order valence-corrected chi connectivity index (χ1v) is 9.36. The first kappa shape index (κ1) is 20.5. The molecule has 1 unspecified atom stereocenters. The molecular formula is C18H21ClF2N4O3. The first-order chi connectivity index (χ1) is 13.3. The molecule has 1 atom stereocenters. The molecule has 7 nitrogen and oxygen atoms in total. The van der Waals surface area contributed by atoms with Crippen LogP contribution in [0.1, 0.15) is 37.7 Å². The van der Waals surface area contributed by atoms with Crippen LogP contribution >= 0.6 is 11.6 Å². The molecule has 2 heterocycles. The Labute approximate surface area is 164 Å². The summed E-state index contributed by atoms with van der Waals surface area (Å²) in [6, 6.07) is 3.91. The van der Waals surface area contributed by atoms with Gasteiger partial charge in [0.25, 0.3) is 12.0 Å². The summed E-state index contributed by atoms with van der Waals surface area (Å²) in [6.45, 7) is 2.15. The number of aromatic nitrogens is 2. The highest BCUT2D eigenvalue weighted by Crippen LogP contribution is 2.27. The summed E-state index contributed by atoms with van der Waals surface area (Å²) in [7, 11) is 0. The quantitative estimate of drug-likeness (QED) is 0.784. The van der Waals surface area contributed by atoms with Crippen molar-refractivity contribution in [1.29, 1.82) is 0 Å². The highest BCUT2D eigenvalue weighted by molar-refractivity contribution is 6.35. The van der Waals surface area contributed by atoms with Crippen molar-refractivity contribution in [2.45, 2.75) is 38.3 Å². The van der Waals surface area contributed by atoms with Crippen molar-refractivity contribution in [2.75, 3.05) is 19.6 Å². The van der Waals surface area contributed by atoms with E-state index in [0.29, 0.717) is 31.4 Å². The first-order valence-electron chi connectivity index (χ1n) is 8.98. The second-order valence-electron chi connectivity index (χ2n) is 6.87. The van der Waals surface area contributed by atoms with Gasteiger partial charge in [0.05, 0.1) is 28.5 Å². The van der Waals surface area contributed by atoms with Crippen LogP contribution in [0.15, 0.2) is 23.0 Å².